The summed E-state index contributed by atoms with van der Waals surface area (Å²) in [7, 11) is 0. The minimum atomic E-state index is -0.672. The summed E-state index contributed by atoms with van der Waals surface area (Å²) < 4.78 is 0. The highest BCUT2D eigenvalue weighted by atomic mass is 32.2. The first-order valence-electron chi connectivity index (χ1n) is 5.15. The Hall–Kier alpha value is -2.02. The SMILES string of the molecule is O=C(CC1SC(=O)NC1=O)Nc1ccc(O)cc1. The van der Waals surface area contributed by atoms with E-state index in [0.717, 1.165) is 11.8 Å². The van der Waals surface area contributed by atoms with Crippen LogP contribution in [0.5, 0.6) is 5.75 Å². The van der Waals surface area contributed by atoms with Crippen molar-refractivity contribution >= 4 is 34.5 Å². The molecule has 1 heterocycles. The third kappa shape index (κ3) is 3.01. The van der Waals surface area contributed by atoms with Gasteiger partial charge in [0.15, 0.2) is 0 Å². The Labute approximate surface area is 107 Å². The molecule has 0 spiro atoms. The second kappa shape index (κ2) is 5.09. The molecule has 1 aliphatic rings. The lowest BCUT2D eigenvalue weighted by molar-refractivity contribution is -0.122. The molecule has 1 aromatic rings. The average Bonchev–Trinajstić information content (AvgIpc) is 2.61. The molecule has 0 bridgehead atoms. The van der Waals surface area contributed by atoms with Gasteiger partial charge in [-0.1, -0.05) is 11.8 Å². The average molecular weight is 266 g/mol. The molecule has 2 rings (SSSR count). The van der Waals surface area contributed by atoms with Gasteiger partial charge >= 0.3 is 0 Å². The van der Waals surface area contributed by atoms with E-state index in [4.69, 9.17) is 5.11 Å². The molecule has 1 atom stereocenters. The van der Waals surface area contributed by atoms with E-state index in [1.54, 1.807) is 12.1 Å². The van der Waals surface area contributed by atoms with Crippen LogP contribution in [-0.2, 0) is 9.59 Å². The summed E-state index contributed by atoms with van der Waals surface area (Å²) in [5.41, 5.74) is 0.521. The van der Waals surface area contributed by atoms with E-state index in [0.29, 0.717) is 5.69 Å². The van der Waals surface area contributed by atoms with Crippen LogP contribution in [0, 0.1) is 0 Å². The van der Waals surface area contributed by atoms with Crippen LogP contribution in [0.1, 0.15) is 6.42 Å². The quantitative estimate of drug-likeness (QED) is 0.711. The molecule has 1 fully saturated rings. The molecule has 0 radical (unpaired) electrons. The summed E-state index contributed by atoms with van der Waals surface area (Å²) in [6.07, 6.45) is -0.0664. The van der Waals surface area contributed by atoms with Gasteiger partial charge in [-0.25, -0.2) is 0 Å². The zero-order valence-electron chi connectivity index (χ0n) is 9.17. The number of carbonyl (C=O) groups is 3. The third-order valence-electron chi connectivity index (χ3n) is 2.29. The first-order valence-corrected chi connectivity index (χ1v) is 6.03. The molecular weight excluding hydrogens is 256 g/mol. The topological polar surface area (TPSA) is 95.5 Å². The van der Waals surface area contributed by atoms with Gasteiger partial charge in [0.25, 0.3) is 5.24 Å². The Morgan fingerprint density at radius 1 is 1.33 bits per heavy atom. The van der Waals surface area contributed by atoms with Crippen molar-refractivity contribution < 1.29 is 19.5 Å². The van der Waals surface area contributed by atoms with Crippen molar-refractivity contribution in [2.45, 2.75) is 11.7 Å². The summed E-state index contributed by atoms with van der Waals surface area (Å²) >= 11 is 0.815. The Balaban J connectivity index is 1.91. The molecule has 6 nitrogen and oxygen atoms in total. The Kier molecular flexibility index (Phi) is 3.52. The Morgan fingerprint density at radius 2 is 2.00 bits per heavy atom. The van der Waals surface area contributed by atoms with Crippen LogP contribution in [0.15, 0.2) is 24.3 Å². The number of aromatic hydroxyl groups is 1. The largest absolute Gasteiger partial charge is 0.508 e. The normalized spacial score (nSPS) is 18.6. The summed E-state index contributed by atoms with van der Waals surface area (Å²) in [6.45, 7) is 0. The molecule has 1 saturated heterocycles. The van der Waals surface area contributed by atoms with Crippen molar-refractivity contribution in [1.29, 1.82) is 0 Å². The number of anilines is 1. The first-order chi connectivity index (χ1) is 8.54. The lowest BCUT2D eigenvalue weighted by Gasteiger charge is -2.07. The molecular formula is C11H10N2O4S. The van der Waals surface area contributed by atoms with Gasteiger partial charge in [-0.15, -0.1) is 0 Å². The Morgan fingerprint density at radius 3 is 2.56 bits per heavy atom. The summed E-state index contributed by atoms with van der Waals surface area (Å²) in [5.74, 6) is -0.696. The zero-order valence-corrected chi connectivity index (χ0v) is 9.99. The van der Waals surface area contributed by atoms with Crippen LogP contribution < -0.4 is 10.6 Å². The number of imide groups is 1. The van der Waals surface area contributed by atoms with Crippen molar-refractivity contribution in [3.63, 3.8) is 0 Å². The van der Waals surface area contributed by atoms with Gasteiger partial charge in [-0.05, 0) is 24.3 Å². The second-order valence-electron chi connectivity index (χ2n) is 3.68. The number of thioether (sulfide) groups is 1. The number of amides is 3. The molecule has 1 unspecified atom stereocenters. The van der Waals surface area contributed by atoms with Crippen LogP contribution in [0.2, 0.25) is 0 Å². The van der Waals surface area contributed by atoms with E-state index in [-0.39, 0.29) is 18.1 Å². The number of benzene rings is 1. The van der Waals surface area contributed by atoms with E-state index in [2.05, 4.69) is 10.6 Å². The molecule has 0 saturated carbocycles. The summed E-state index contributed by atoms with van der Waals surface area (Å²) in [5, 5.41) is 12.7. The maximum Gasteiger partial charge on any atom is 0.286 e. The van der Waals surface area contributed by atoms with Gasteiger partial charge in [0, 0.05) is 12.1 Å². The monoisotopic (exact) mass is 266 g/mol. The van der Waals surface area contributed by atoms with E-state index >= 15 is 0 Å². The van der Waals surface area contributed by atoms with Crippen molar-refractivity contribution in [3.05, 3.63) is 24.3 Å². The number of carbonyl (C=O) groups excluding carboxylic acids is 3. The number of nitrogens with one attached hydrogen (secondary N) is 2. The number of rotatable bonds is 3. The Bertz CT molecular complexity index is 500. The molecule has 0 aliphatic carbocycles. The van der Waals surface area contributed by atoms with Gasteiger partial charge < -0.3 is 10.4 Å². The molecule has 3 amide bonds. The standard InChI is InChI=1S/C11H10N2O4S/c14-7-3-1-6(2-4-7)12-9(15)5-8-10(16)13-11(17)18-8/h1-4,8,14H,5H2,(H,12,15)(H,13,16,17). The van der Waals surface area contributed by atoms with Crippen LogP contribution in [0.3, 0.4) is 0 Å². The van der Waals surface area contributed by atoms with Crippen molar-refractivity contribution in [1.82, 2.24) is 5.32 Å². The van der Waals surface area contributed by atoms with Crippen LogP contribution in [0.25, 0.3) is 0 Å². The van der Waals surface area contributed by atoms with Crippen LogP contribution >= 0.6 is 11.8 Å². The lowest BCUT2D eigenvalue weighted by Crippen LogP contribution is -2.27. The van der Waals surface area contributed by atoms with Gasteiger partial charge in [0.1, 0.15) is 11.0 Å². The van der Waals surface area contributed by atoms with Crippen molar-refractivity contribution in [3.8, 4) is 5.75 Å². The molecule has 7 heteroatoms. The number of phenols is 1. The molecule has 1 aromatic carbocycles. The molecule has 0 aromatic heterocycles. The lowest BCUT2D eigenvalue weighted by atomic mass is 10.2. The van der Waals surface area contributed by atoms with Gasteiger partial charge in [0.2, 0.25) is 11.8 Å². The van der Waals surface area contributed by atoms with Gasteiger partial charge in [0.05, 0.1) is 0 Å². The third-order valence-corrected chi connectivity index (χ3v) is 3.27. The fourth-order valence-electron chi connectivity index (χ4n) is 1.45. The summed E-state index contributed by atoms with van der Waals surface area (Å²) in [4.78, 5) is 33.8. The number of phenolic OH excluding ortho intramolecular Hbond substituents is 1. The van der Waals surface area contributed by atoms with Crippen LogP contribution in [-0.4, -0.2) is 27.4 Å². The minimum absolute atomic E-state index is 0.0664. The van der Waals surface area contributed by atoms with Crippen molar-refractivity contribution in [2.24, 2.45) is 0 Å². The minimum Gasteiger partial charge on any atom is -0.508 e. The first kappa shape index (κ1) is 12.4. The smallest absolute Gasteiger partial charge is 0.286 e. The van der Waals surface area contributed by atoms with E-state index in [9.17, 15) is 14.4 Å². The fourth-order valence-corrected chi connectivity index (χ4v) is 2.27. The highest BCUT2D eigenvalue weighted by Crippen LogP contribution is 2.22. The van der Waals surface area contributed by atoms with E-state index < -0.39 is 16.4 Å². The summed E-state index contributed by atoms with van der Waals surface area (Å²) in [6, 6.07) is 5.97. The highest BCUT2D eigenvalue weighted by Gasteiger charge is 2.33. The molecule has 18 heavy (non-hydrogen) atoms. The highest BCUT2D eigenvalue weighted by molar-refractivity contribution is 8.15. The number of hydrogen-bond acceptors (Lipinski definition) is 5. The maximum atomic E-state index is 11.6. The second-order valence-corrected chi connectivity index (χ2v) is 4.86. The maximum absolute atomic E-state index is 11.6. The van der Waals surface area contributed by atoms with E-state index in [1.165, 1.54) is 12.1 Å². The zero-order chi connectivity index (χ0) is 13.1. The number of hydrogen-bond donors (Lipinski definition) is 3. The van der Waals surface area contributed by atoms with Crippen LogP contribution in [0.4, 0.5) is 10.5 Å². The van der Waals surface area contributed by atoms with Crippen molar-refractivity contribution in [2.75, 3.05) is 5.32 Å². The molecule has 1 aliphatic heterocycles. The predicted octanol–water partition coefficient (Wildman–Crippen LogP) is 1.07. The van der Waals surface area contributed by atoms with Gasteiger partial charge in [-0.2, -0.15) is 0 Å². The van der Waals surface area contributed by atoms with Gasteiger partial charge in [-0.3, -0.25) is 19.7 Å². The molecule has 3 N–H and O–H groups in total. The fraction of sp³-hybridized carbons (Fsp3) is 0.182. The molecule has 94 valence electrons. The predicted molar refractivity (Wildman–Crippen MR) is 66.3 cm³/mol. The van der Waals surface area contributed by atoms with E-state index in [1.807, 2.05) is 0 Å².